The highest BCUT2D eigenvalue weighted by Crippen LogP contribution is 2.28. The molecule has 1 N–H and O–H groups in total. The van der Waals surface area contributed by atoms with Crippen LogP contribution < -0.4 is 5.32 Å². The van der Waals surface area contributed by atoms with Crippen molar-refractivity contribution in [2.24, 2.45) is 5.92 Å². The Labute approximate surface area is 122 Å². The largest absolute Gasteiger partial charge is 0.310 e. The number of rotatable bonds is 7. The van der Waals surface area contributed by atoms with Crippen molar-refractivity contribution < 1.29 is 0 Å². The first kappa shape index (κ1) is 15.0. The molecule has 108 valence electrons. The fourth-order valence-corrected chi connectivity index (χ4v) is 2.87. The van der Waals surface area contributed by atoms with Gasteiger partial charge in [-0.3, -0.25) is 4.98 Å². The lowest BCUT2D eigenvalue weighted by molar-refractivity contribution is 0.341. The Morgan fingerprint density at radius 2 is 1.85 bits per heavy atom. The molecular formula is C18H26N2. The van der Waals surface area contributed by atoms with Crippen LogP contribution in [0.3, 0.4) is 0 Å². The van der Waals surface area contributed by atoms with Crippen molar-refractivity contribution in [3.8, 4) is 0 Å². The van der Waals surface area contributed by atoms with Crippen LogP contribution in [0.15, 0.2) is 36.5 Å². The second-order valence-corrected chi connectivity index (χ2v) is 5.47. The lowest BCUT2D eigenvalue weighted by Gasteiger charge is -2.27. The van der Waals surface area contributed by atoms with Crippen molar-refractivity contribution in [3.63, 3.8) is 0 Å². The van der Waals surface area contributed by atoms with Crippen molar-refractivity contribution in [2.75, 3.05) is 6.54 Å². The van der Waals surface area contributed by atoms with Crippen molar-refractivity contribution in [2.45, 2.75) is 46.1 Å². The van der Waals surface area contributed by atoms with E-state index in [2.05, 4.69) is 55.3 Å². The summed E-state index contributed by atoms with van der Waals surface area (Å²) in [6, 6.07) is 11.1. The maximum atomic E-state index is 4.62. The summed E-state index contributed by atoms with van der Waals surface area (Å²) in [5, 5.41) is 4.95. The molecule has 0 radical (unpaired) electrons. The fourth-order valence-electron chi connectivity index (χ4n) is 2.87. The van der Waals surface area contributed by atoms with Crippen LogP contribution >= 0.6 is 0 Å². The predicted octanol–water partition coefficient (Wildman–Crippen LogP) is 4.71. The zero-order valence-corrected chi connectivity index (χ0v) is 12.9. The van der Waals surface area contributed by atoms with E-state index in [9.17, 15) is 0 Å². The van der Waals surface area contributed by atoms with E-state index in [0.29, 0.717) is 12.0 Å². The number of para-hydroxylation sites is 1. The Bertz CT molecular complexity index is 532. The standard InChI is InChI=1S/C18H26N2/c1-4-11-19-18(14(5-2)6-3)16-12-15-9-7-8-10-17(15)20-13-16/h7-10,12-14,18-19H,4-6,11H2,1-3H3. The van der Waals surface area contributed by atoms with Gasteiger partial charge in [-0.1, -0.05) is 51.8 Å². The van der Waals surface area contributed by atoms with E-state index in [0.717, 1.165) is 18.5 Å². The van der Waals surface area contributed by atoms with E-state index >= 15 is 0 Å². The Morgan fingerprint density at radius 3 is 2.55 bits per heavy atom. The minimum atomic E-state index is 0.419. The second kappa shape index (κ2) is 7.39. The molecule has 0 aliphatic carbocycles. The van der Waals surface area contributed by atoms with Gasteiger partial charge < -0.3 is 5.32 Å². The Morgan fingerprint density at radius 1 is 1.10 bits per heavy atom. The monoisotopic (exact) mass is 270 g/mol. The van der Waals surface area contributed by atoms with Crippen molar-refractivity contribution in [1.29, 1.82) is 0 Å². The first-order valence-electron chi connectivity index (χ1n) is 7.88. The fraction of sp³-hybridized carbons (Fsp3) is 0.500. The van der Waals surface area contributed by atoms with Crippen LogP contribution in [0.4, 0.5) is 0 Å². The van der Waals surface area contributed by atoms with Gasteiger partial charge in [0.25, 0.3) is 0 Å². The number of pyridine rings is 1. The summed E-state index contributed by atoms with van der Waals surface area (Å²) in [5.41, 5.74) is 2.40. The van der Waals surface area contributed by atoms with Crippen LogP contribution in [0.1, 0.15) is 51.6 Å². The highest BCUT2D eigenvalue weighted by Gasteiger charge is 2.20. The van der Waals surface area contributed by atoms with E-state index in [1.807, 2.05) is 12.3 Å². The molecule has 0 spiro atoms. The zero-order chi connectivity index (χ0) is 14.4. The van der Waals surface area contributed by atoms with Crippen molar-refractivity contribution in [1.82, 2.24) is 10.3 Å². The maximum absolute atomic E-state index is 4.62. The highest BCUT2D eigenvalue weighted by molar-refractivity contribution is 5.78. The number of hydrogen-bond acceptors (Lipinski definition) is 2. The van der Waals surface area contributed by atoms with E-state index in [1.54, 1.807) is 0 Å². The van der Waals surface area contributed by atoms with Crippen LogP contribution in [0.2, 0.25) is 0 Å². The molecule has 0 saturated carbocycles. The topological polar surface area (TPSA) is 24.9 Å². The zero-order valence-electron chi connectivity index (χ0n) is 12.9. The highest BCUT2D eigenvalue weighted by atomic mass is 14.9. The Hall–Kier alpha value is -1.41. The second-order valence-electron chi connectivity index (χ2n) is 5.47. The smallest absolute Gasteiger partial charge is 0.0702 e. The number of benzene rings is 1. The average molecular weight is 270 g/mol. The molecule has 2 nitrogen and oxygen atoms in total. The van der Waals surface area contributed by atoms with Gasteiger partial charge in [0.2, 0.25) is 0 Å². The average Bonchev–Trinajstić information content (AvgIpc) is 2.51. The molecule has 0 fully saturated rings. The van der Waals surface area contributed by atoms with Crippen LogP contribution in [-0.4, -0.2) is 11.5 Å². The minimum absolute atomic E-state index is 0.419. The molecule has 0 bridgehead atoms. The van der Waals surface area contributed by atoms with Crippen LogP contribution in [0.25, 0.3) is 10.9 Å². The molecule has 0 aliphatic heterocycles. The number of fused-ring (bicyclic) bond motifs is 1. The van der Waals surface area contributed by atoms with Crippen LogP contribution in [0.5, 0.6) is 0 Å². The van der Waals surface area contributed by atoms with Crippen molar-refractivity contribution >= 4 is 10.9 Å². The Balaban J connectivity index is 2.33. The van der Waals surface area contributed by atoms with E-state index in [-0.39, 0.29) is 0 Å². The Kier molecular flexibility index (Phi) is 5.54. The van der Waals surface area contributed by atoms with Crippen LogP contribution in [0, 0.1) is 5.92 Å². The molecule has 0 amide bonds. The van der Waals surface area contributed by atoms with Crippen molar-refractivity contribution in [3.05, 3.63) is 42.1 Å². The third-order valence-electron chi connectivity index (χ3n) is 4.11. The van der Waals surface area contributed by atoms with E-state index < -0.39 is 0 Å². The summed E-state index contributed by atoms with van der Waals surface area (Å²) in [6.45, 7) is 7.84. The molecular weight excluding hydrogens is 244 g/mol. The van der Waals surface area contributed by atoms with Gasteiger partial charge in [-0.05, 0) is 36.6 Å². The number of nitrogens with one attached hydrogen (secondary N) is 1. The van der Waals surface area contributed by atoms with Gasteiger partial charge in [-0.2, -0.15) is 0 Å². The molecule has 0 aliphatic rings. The van der Waals surface area contributed by atoms with Gasteiger partial charge in [-0.25, -0.2) is 0 Å². The number of nitrogens with zero attached hydrogens (tertiary/aromatic N) is 1. The van der Waals surface area contributed by atoms with Crippen LogP contribution in [-0.2, 0) is 0 Å². The minimum Gasteiger partial charge on any atom is -0.310 e. The summed E-state index contributed by atoms with van der Waals surface area (Å²) in [5.74, 6) is 0.671. The normalized spacial score (nSPS) is 13.0. The molecule has 2 rings (SSSR count). The molecule has 0 saturated heterocycles. The first-order valence-corrected chi connectivity index (χ1v) is 7.88. The van der Waals surface area contributed by atoms with Gasteiger partial charge in [0.1, 0.15) is 0 Å². The SMILES string of the molecule is CCCNC(c1cnc2ccccc2c1)C(CC)CC. The van der Waals surface area contributed by atoms with E-state index in [4.69, 9.17) is 0 Å². The van der Waals surface area contributed by atoms with Gasteiger partial charge in [0.05, 0.1) is 5.52 Å². The molecule has 1 atom stereocenters. The van der Waals surface area contributed by atoms with Gasteiger partial charge in [0.15, 0.2) is 0 Å². The lowest BCUT2D eigenvalue weighted by atomic mass is 9.89. The summed E-state index contributed by atoms with van der Waals surface area (Å²) < 4.78 is 0. The maximum Gasteiger partial charge on any atom is 0.0702 e. The molecule has 2 aromatic rings. The quantitative estimate of drug-likeness (QED) is 0.788. The molecule has 1 heterocycles. The number of hydrogen-bond donors (Lipinski definition) is 1. The summed E-state index contributed by atoms with van der Waals surface area (Å²) in [7, 11) is 0. The predicted molar refractivity (Wildman–Crippen MR) is 86.8 cm³/mol. The van der Waals surface area contributed by atoms with Gasteiger partial charge >= 0.3 is 0 Å². The first-order chi connectivity index (χ1) is 9.80. The summed E-state index contributed by atoms with van der Waals surface area (Å²) in [6.07, 6.45) is 5.61. The third kappa shape index (κ3) is 3.37. The molecule has 1 aromatic heterocycles. The molecule has 20 heavy (non-hydrogen) atoms. The number of aromatic nitrogens is 1. The third-order valence-corrected chi connectivity index (χ3v) is 4.11. The molecule has 1 unspecified atom stereocenters. The lowest BCUT2D eigenvalue weighted by Crippen LogP contribution is -2.28. The van der Waals surface area contributed by atoms with E-state index in [1.165, 1.54) is 23.8 Å². The summed E-state index contributed by atoms with van der Waals surface area (Å²) in [4.78, 5) is 4.62. The molecule has 2 heteroatoms. The van der Waals surface area contributed by atoms with Gasteiger partial charge in [-0.15, -0.1) is 0 Å². The molecule has 1 aromatic carbocycles. The van der Waals surface area contributed by atoms with Gasteiger partial charge in [0, 0.05) is 17.6 Å². The summed E-state index contributed by atoms with van der Waals surface area (Å²) >= 11 is 0.